The third kappa shape index (κ3) is 2.35. The molecular weight excluding hydrogens is 194 g/mol. The molecule has 1 aliphatic heterocycles. The van der Waals surface area contributed by atoms with Crippen LogP contribution >= 0.6 is 0 Å². The molecule has 1 aliphatic rings. The Labute approximate surface area is 88.9 Å². The number of hydrogen-bond donors (Lipinski definition) is 2. The number of rotatable bonds is 3. The molecule has 1 aromatic rings. The van der Waals surface area contributed by atoms with Crippen LogP contribution in [0.3, 0.4) is 0 Å². The van der Waals surface area contributed by atoms with E-state index in [1.165, 1.54) is 12.8 Å². The Balaban J connectivity index is 2.06. The number of aliphatic hydroxyl groups is 1. The van der Waals surface area contributed by atoms with Gasteiger partial charge in [-0.15, -0.1) is 0 Å². The minimum Gasteiger partial charge on any atom is -0.396 e. The second-order valence-corrected chi connectivity index (χ2v) is 4.07. The smallest absolute Gasteiger partial charge is 0.244 e. The van der Waals surface area contributed by atoms with E-state index in [2.05, 4.69) is 22.4 Å². The molecule has 0 bridgehead atoms. The van der Waals surface area contributed by atoms with Crippen molar-refractivity contribution in [3.63, 3.8) is 0 Å². The molecule has 15 heavy (non-hydrogen) atoms. The first kappa shape index (κ1) is 10.6. The third-order valence-electron chi connectivity index (χ3n) is 2.85. The van der Waals surface area contributed by atoms with E-state index in [4.69, 9.17) is 9.63 Å². The summed E-state index contributed by atoms with van der Waals surface area (Å²) in [4.78, 5) is 4.27. The zero-order valence-electron chi connectivity index (χ0n) is 8.94. The SMILES string of the molecule is CC1CCCNC1c1nc(CCO)no1. The Hall–Kier alpha value is -0.940. The van der Waals surface area contributed by atoms with Crippen molar-refractivity contribution in [2.75, 3.05) is 13.2 Å². The average molecular weight is 211 g/mol. The van der Waals surface area contributed by atoms with Gasteiger partial charge in [-0.25, -0.2) is 0 Å². The molecule has 84 valence electrons. The number of nitrogens with zero attached hydrogens (tertiary/aromatic N) is 2. The van der Waals surface area contributed by atoms with Gasteiger partial charge in [0.05, 0.1) is 12.6 Å². The van der Waals surface area contributed by atoms with Gasteiger partial charge in [-0.05, 0) is 25.3 Å². The van der Waals surface area contributed by atoms with Crippen LogP contribution in [0.2, 0.25) is 0 Å². The third-order valence-corrected chi connectivity index (χ3v) is 2.85. The molecule has 0 spiro atoms. The predicted molar refractivity (Wildman–Crippen MR) is 54.2 cm³/mol. The Morgan fingerprint density at radius 2 is 2.47 bits per heavy atom. The second-order valence-electron chi connectivity index (χ2n) is 4.07. The number of nitrogens with one attached hydrogen (secondary N) is 1. The van der Waals surface area contributed by atoms with Crippen molar-refractivity contribution in [2.24, 2.45) is 5.92 Å². The van der Waals surface area contributed by atoms with Gasteiger partial charge in [0.15, 0.2) is 5.82 Å². The largest absolute Gasteiger partial charge is 0.396 e. The summed E-state index contributed by atoms with van der Waals surface area (Å²) in [7, 11) is 0. The number of aromatic nitrogens is 2. The first-order chi connectivity index (χ1) is 7.31. The lowest BCUT2D eigenvalue weighted by molar-refractivity contribution is 0.238. The van der Waals surface area contributed by atoms with Crippen LogP contribution in [0.5, 0.6) is 0 Å². The van der Waals surface area contributed by atoms with Crippen LogP contribution < -0.4 is 5.32 Å². The molecule has 0 aliphatic carbocycles. The first-order valence-corrected chi connectivity index (χ1v) is 5.48. The maximum Gasteiger partial charge on any atom is 0.244 e. The molecule has 2 heterocycles. The van der Waals surface area contributed by atoms with Crippen molar-refractivity contribution in [3.8, 4) is 0 Å². The number of piperidine rings is 1. The maximum absolute atomic E-state index is 8.75. The van der Waals surface area contributed by atoms with Gasteiger partial charge < -0.3 is 14.9 Å². The van der Waals surface area contributed by atoms with Gasteiger partial charge in [0.25, 0.3) is 0 Å². The Morgan fingerprint density at radius 1 is 1.60 bits per heavy atom. The van der Waals surface area contributed by atoms with E-state index in [9.17, 15) is 0 Å². The minimum absolute atomic E-state index is 0.0621. The van der Waals surface area contributed by atoms with Crippen molar-refractivity contribution >= 4 is 0 Å². The fourth-order valence-corrected chi connectivity index (χ4v) is 1.98. The van der Waals surface area contributed by atoms with E-state index < -0.39 is 0 Å². The van der Waals surface area contributed by atoms with Crippen molar-refractivity contribution in [1.29, 1.82) is 0 Å². The van der Waals surface area contributed by atoms with Gasteiger partial charge in [0.2, 0.25) is 5.89 Å². The molecule has 0 aromatic carbocycles. The normalized spacial score (nSPS) is 26.8. The van der Waals surface area contributed by atoms with Crippen LogP contribution in [-0.2, 0) is 6.42 Å². The Bertz CT molecular complexity index is 313. The molecule has 2 rings (SSSR count). The molecule has 0 saturated carbocycles. The van der Waals surface area contributed by atoms with E-state index in [1.807, 2.05) is 0 Å². The minimum atomic E-state index is 0.0621. The van der Waals surface area contributed by atoms with Crippen LogP contribution in [0.15, 0.2) is 4.52 Å². The highest BCUT2D eigenvalue weighted by Crippen LogP contribution is 2.27. The molecule has 5 nitrogen and oxygen atoms in total. The van der Waals surface area contributed by atoms with Gasteiger partial charge in [-0.3, -0.25) is 0 Å². The maximum atomic E-state index is 8.75. The van der Waals surface area contributed by atoms with Crippen LogP contribution in [0.4, 0.5) is 0 Å². The average Bonchev–Trinajstić information content (AvgIpc) is 2.68. The molecule has 0 radical (unpaired) electrons. The van der Waals surface area contributed by atoms with Crippen molar-refractivity contribution in [1.82, 2.24) is 15.5 Å². The van der Waals surface area contributed by atoms with Gasteiger partial charge in [-0.1, -0.05) is 12.1 Å². The quantitative estimate of drug-likeness (QED) is 0.768. The standard InChI is InChI=1S/C10H17N3O2/c1-7-3-2-5-11-9(7)10-12-8(4-6-14)13-15-10/h7,9,11,14H,2-6H2,1H3. The summed E-state index contributed by atoms with van der Waals surface area (Å²) in [6.45, 7) is 3.26. The summed E-state index contributed by atoms with van der Waals surface area (Å²) >= 11 is 0. The van der Waals surface area contributed by atoms with Gasteiger partial charge in [0, 0.05) is 6.42 Å². The highest BCUT2D eigenvalue weighted by molar-refractivity contribution is 4.96. The number of hydrogen-bond acceptors (Lipinski definition) is 5. The van der Waals surface area contributed by atoms with Crippen molar-refractivity contribution < 1.29 is 9.63 Å². The lowest BCUT2D eigenvalue weighted by atomic mass is 9.93. The molecular formula is C10H17N3O2. The zero-order valence-corrected chi connectivity index (χ0v) is 8.94. The topological polar surface area (TPSA) is 71.2 Å². The van der Waals surface area contributed by atoms with Gasteiger partial charge in [-0.2, -0.15) is 4.98 Å². The lowest BCUT2D eigenvalue weighted by Gasteiger charge is -2.26. The van der Waals surface area contributed by atoms with Crippen LogP contribution in [0.25, 0.3) is 0 Å². The first-order valence-electron chi connectivity index (χ1n) is 5.48. The summed E-state index contributed by atoms with van der Waals surface area (Å²) < 4.78 is 5.19. The monoisotopic (exact) mass is 211 g/mol. The number of aliphatic hydroxyl groups excluding tert-OH is 1. The molecule has 0 amide bonds. The predicted octanol–water partition coefficient (Wildman–Crippen LogP) is 0.665. The highest BCUT2D eigenvalue weighted by Gasteiger charge is 2.27. The van der Waals surface area contributed by atoms with E-state index in [-0.39, 0.29) is 12.6 Å². The van der Waals surface area contributed by atoms with Crippen molar-refractivity contribution in [2.45, 2.75) is 32.2 Å². The molecule has 1 aromatic heterocycles. The Morgan fingerprint density at radius 3 is 3.20 bits per heavy atom. The fraction of sp³-hybridized carbons (Fsp3) is 0.800. The van der Waals surface area contributed by atoms with E-state index in [0.717, 1.165) is 6.54 Å². The summed E-state index contributed by atoms with van der Waals surface area (Å²) in [5, 5.41) is 16.0. The summed E-state index contributed by atoms with van der Waals surface area (Å²) in [6.07, 6.45) is 2.86. The molecule has 1 saturated heterocycles. The molecule has 5 heteroatoms. The van der Waals surface area contributed by atoms with Gasteiger partial charge in [0.1, 0.15) is 0 Å². The highest BCUT2D eigenvalue weighted by atomic mass is 16.5. The summed E-state index contributed by atoms with van der Waals surface area (Å²) in [5.41, 5.74) is 0. The zero-order chi connectivity index (χ0) is 10.7. The molecule has 1 fully saturated rings. The Kier molecular flexibility index (Phi) is 3.33. The van der Waals surface area contributed by atoms with E-state index in [1.54, 1.807) is 0 Å². The van der Waals surface area contributed by atoms with Crippen LogP contribution in [0, 0.1) is 5.92 Å². The fourth-order valence-electron chi connectivity index (χ4n) is 1.98. The molecule has 2 atom stereocenters. The van der Waals surface area contributed by atoms with Crippen LogP contribution in [-0.4, -0.2) is 28.4 Å². The molecule has 2 unspecified atom stereocenters. The summed E-state index contributed by atoms with van der Waals surface area (Å²) in [6, 6.07) is 0.179. The van der Waals surface area contributed by atoms with Gasteiger partial charge >= 0.3 is 0 Å². The van der Waals surface area contributed by atoms with Crippen molar-refractivity contribution in [3.05, 3.63) is 11.7 Å². The molecule has 2 N–H and O–H groups in total. The van der Waals surface area contributed by atoms with Crippen LogP contribution in [0.1, 0.15) is 37.5 Å². The summed E-state index contributed by atoms with van der Waals surface area (Å²) in [5.74, 6) is 1.78. The lowest BCUT2D eigenvalue weighted by Crippen LogP contribution is -2.33. The van der Waals surface area contributed by atoms with E-state index in [0.29, 0.717) is 24.1 Å². The van der Waals surface area contributed by atoms with E-state index >= 15 is 0 Å². The second kappa shape index (κ2) is 4.72.